The van der Waals surface area contributed by atoms with Crippen molar-refractivity contribution in [2.24, 2.45) is 0 Å². The third-order valence-corrected chi connectivity index (χ3v) is 3.52. The van der Waals surface area contributed by atoms with Gasteiger partial charge in [0.1, 0.15) is 0 Å². The zero-order valence-corrected chi connectivity index (χ0v) is 10.3. The summed E-state index contributed by atoms with van der Waals surface area (Å²) in [6, 6.07) is 5.61. The minimum Gasteiger partial charge on any atom is -0.454 e. The van der Waals surface area contributed by atoms with Crippen LogP contribution in [0.1, 0.15) is 16.8 Å². The van der Waals surface area contributed by atoms with E-state index in [-0.39, 0.29) is 18.7 Å². The molecule has 2 aliphatic heterocycles. The van der Waals surface area contributed by atoms with E-state index in [2.05, 4.69) is 5.32 Å². The molecule has 0 saturated carbocycles. The van der Waals surface area contributed by atoms with E-state index in [0.29, 0.717) is 17.1 Å². The predicted molar refractivity (Wildman–Crippen MR) is 65.9 cm³/mol. The zero-order valence-electron chi connectivity index (χ0n) is 10.3. The number of ether oxygens (including phenoxy) is 2. The average molecular weight is 248 g/mol. The van der Waals surface area contributed by atoms with E-state index in [1.165, 1.54) is 0 Å². The Balaban J connectivity index is 1.79. The summed E-state index contributed by atoms with van der Waals surface area (Å²) in [5, 5.41) is 3.26. The Morgan fingerprint density at radius 3 is 3.00 bits per heavy atom. The third kappa shape index (κ3) is 1.90. The number of hydrogen-bond donors (Lipinski definition) is 1. The summed E-state index contributed by atoms with van der Waals surface area (Å²) in [4.78, 5) is 14.1. The van der Waals surface area contributed by atoms with Gasteiger partial charge in [-0.05, 0) is 31.2 Å². The van der Waals surface area contributed by atoms with Gasteiger partial charge in [-0.25, -0.2) is 0 Å². The van der Waals surface area contributed by atoms with Crippen LogP contribution in [0, 0.1) is 0 Å². The summed E-state index contributed by atoms with van der Waals surface area (Å²) in [6.45, 7) is 2.07. The Hall–Kier alpha value is -1.75. The molecule has 2 heterocycles. The van der Waals surface area contributed by atoms with Crippen LogP contribution in [0.5, 0.6) is 11.5 Å². The van der Waals surface area contributed by atoms with Gasteiger partial charge in [0.05, 0.1) is 0 Å². The maximum Gasteiger partial charge on any atom is 0.254 e. The number of nitrogens with one attached hydrogen (secondary N) is 1. The Kier molecular flexibility index (Phi) is 2.83. The fourth-order valence-electron chi connectivity index (χ4n) is 2.37. The second-order valence-corrected chi connectivity index (χ2v) is 4.63. The van der Waals surface area contributed by atoms with Gasteiger partial charge in [0.2, 0.25) is 6.79 Å². The highest BCUT2D eigenvalue weighted by Gasteiger charge is 2.25. The summed E-state index contributed by atoms with van der Waals surface area (Å²) in [6.07, 6.45) is 1.01. The molecular weight excluding hydrogens is 232 g/mol. The lowest BCUT2D eigenvalue weighted by molar-refractivity contribution is 0.0743. The first-order valence-electron chi connectivity index (χ1n) is 6.13. The van der Waals surface area contributed by atoms with Crippen molar-refractivity contribution in [3.8, 4) is 11.5 Å². The zero-order chi connectivity index (χ0) is 12.5. The molecule has 1 aromatic rings. The number of benzene rings is 1. The van der Waals surface area contributed by atoms with Gasteiger partial charge < -0.3 is 19.7 Å². The molecule has 0 aromatic heterocycles. The SMILES string of the molecule is CN(C(=O)c1ccc2c(c1)OCO2)C1CCNC1. The van der Waals surface area contributed by atoms with E-state index in [9.17, 15) is 4.79 Å². The van der Waals surface area contributed by atoms with E-state index in [4.69, 9.17) is 9.47 Å². The molecule has 0 spiro atoms. The van der Waals surface area contributed by atoms with Crippen molar-refractivity contribution in [3.05, 3.63) is 23.8 Å². The lowest BCUT2D eigenvalue weighted by atomic mass is 10.1. The maximum absolute atomic E-state index is 12.3. The smallest absolute Gasteiger partial charge is 0.254 e. The molecule has 1 unspecified atom stereocenters. The van der Waals surface area contributed by atoms with E-state index >= 15 is 0 Å². The fraction of sp³-hybridized carbons (Fsp3) is 0.462. The van der Waals surface area contributed by atoms with Gasteiger partial charge in [-0.2, -0.15) is 0 Å². The monoisotopic (exact) mass is 248 g/mol. The second kappa shape index (κ2) is 4.49. The number of carbonyl (C=O) groups is 1. The van der Waals surface area contributed by atoms with Gasteiger partial charge in [0.25, 0.3) is 5.91 Å². The minimum atomic E-state index is 0.0296. The van der Waals surface area contributed by atoms with Crippen molar-refractivity contribution in [2.45, 2.75) is 12.5 Å². The van der Waals surface area contributed by atoms with Gasteiger partial charge in [-0.1, -0.05) is 0 Å². The number of amides is 1. The van der Waals surface area contributed by atoms with Crippen LogP contribution in [0.2, 0.25) is 0 Å². The lowest BCUT2D eigenvalue weighted by Gasteiger charge is -2.23. The van der Waals surface area contributed by atoms with E-state index in [0.717, 1.165) is 19.5 Å². The number of hydrogen-bond acceptors (Lipinski definition) is 4. The highest BCUT2D eigenvalue weighted by atomic mass is 16.7. The van der Waals surface area contributed by atoms with Crippen LogP contribution in [0.25, 0.3) is 0 Å². The molecule has 5 heteroatoms. The summed E-state index contributed by atoms with van der Waals surface area (Å²) in [5.74, 6) is 1.39. The number of rotatable bonds is 2. The van der Waals surface area contributed by atoms with Crippen LogP contribution in [-0.4, -0.2) is 43.8 Å². The van der Waals surface area contributed by atoms with Crippen molar-refractivity contribution in [2.75, 3.05) is 26.9 Å². The highest BCUT2D eigenvalue weighted by Crippen LogP contribution is 2.32. The van der Waals surface area contributed by atoms with E-state index in [1.54, 1.807) is 23.1 Å². The van der Waals surface area contributed by atoms with Crippen molar-refractivity contribution in [1.29, 1.82) is 0 Å². The second-order valence-electron chi connectivity index (χ2n) is 4.63. The summed E-state index contributed by atoms with van der Waals surface area (Å²) < 4.78 is 10.5. The molecule has 1 fully saturated rings. The lowest BCUT2D eigenvalue weighted by Crippen LogP contribution is -2.38. The number of carbonyl (C=O) groups excluding carboxylic acids is 1. The van der Waals surface area contributed by atoms with Crippen molar-refractivity contribution >= 4 is 5.91 Å². The van der Waals surface area contributed by atoms with Crippen LogP contribution in [0.4, 0.5) is 0 Å². The molecule has 1 amide bonds. The first-order valence-corrected chi connectivity index (χ1v) is 6.13. The Morgan fingerprint density at radius 1 is 1.39 bits per heavy atom. The highest BCUT2D eigenvalue weighted by molar-refractivity contribution is 5.95. The van der Waals surface area contributed by atoms with Gasteiger partial charge in [-0.15, -0.1) is 0 Å². The first kappa shape index (κ1) is 11.3. The Labute approximate surface area is 106 Å². The van der Waals surface area contributed by atoms with Crippen LogP contribution >= 0.6 is 0 Å². The summed E-state index contributed by atoms with van der Waals surface area (Å²) in [5.41, 5.74) is 0.647. The Morgan fingerprint density at radius 2 is 2.22 bits per heavy atom. The maximum atomic E-state index is 12.3. The normalized spacial score (nSPS) is 21.1. The van der Waals surface area contributed by atoms with Crippen molar-refractivity contribution < 1.29 is 14.3 Å². The topological polar surface area (TPSA) is 50.8 Å². The van der Waals surface area contributed by atoms with Gasteiger partial charge in [-0.3, -0.25) is 4.79 Å². The predicted octanol–water partition coefficient (Wildman–Crippen LogP) is 0.849. The molecule has 18 heavy (non-hydrogen) atoms. The standard InChI is InChI=1S/C13H16N2O3/c1-15(10-4-5-14-7-10)13(16)9-2-3-11-12(6-9)18-8-17-11/h2-3,6,10,14H,4-5,7-8H2,1H3. The molecule has 1 aromatic carbocycles. The summed E-state index contributed by atoms with van der Waals surface area (Å²) >= 11 is 0. The molecule has 1 N–H and O–H groups in total. The van der Waals surface area contributed by atoms with E-state index < -0.39 is 0 Å². The quantitative estimate of drug-likeness (QED) is 0.843. The van der Waals surface area contributed by atoms with E-state index in [1.807, 2.05) is 7.05 Å². The first-order chi connectivity index (χ1) is 8.75. The molecule has 1 atom stereocenters. The third-order valence-electron chi connectivity index (χ3n) is 3.52. The number of likely N-dealkylation sites (N-methyl/N-ethyl adjacent to an activating group) is 1. The van der Waals surface area contributed by atoms with Crippen LogP contribution in [0.3, 0.4) is 0 Å². The molecule has 2 aliphatic rings. The minimum absolute atomic E-state index is 0.0296. The largest absolute Gasteiger partial charge is 0.454 e. The molecule has 1 saturated heterocycles. The van der Waals surface area contributed by atoms with Gasteiger partial charge in [0, 0.05) is 25.2 Å². The fourth-order valence-corrected chi connectivity index (χ4v) is 2.37. The molecule has 5 nitrogen and oxygen atoms in total. The van der Waals surface area contributed by atoms with Gasteiger partial charge in [0.15, 0.2) is 11.5 Å². The molecule has 0 aliphatic carbocycles. The van der Waals surface area contributed by atoms with Crippen LogP contribution < -0.4 is 14.8 Å². The number of fused-ring (bicyclic) bond motifs is 1. The average Bonchev–Trinajstić information content (AvgIpc) is 3.06. The van der Waals surface area contributed by atoms with Gasteiger partial charge >= 0.3 is 0 Å². The molecule has 0 bridgehead atoms. The molecule has 96 valence electrons. The van der Waals surface area contributed by atoms with Crippen LogP contribution in [-0.2, 0) is 0 Å². The number of nitrogens with zero attached hydrogens (tertiary/aromatic N) is 1. The summed E-state index contributed by atoms with van der Waals surface area (Å²) in [7, 11) is 1.85. The molecule has 0 radical (unpaired) electrons. The van der Waals surface area contributed by atoms with Crippen LogP contribution in [0.15, 0.2) is 18.2 Å². The van der Waals surface area contributed by atoms with Crippen molar-refractivity contribution in [3.63, 3.8) is 0 Å². The molecule has 3 rings (SSSR count). The Bertz CT molecular complexity index is 469. The van der Waals surface area contributed by atoms with Crippen molar-refractivity contribution in [1.82, 2.24) is 10.2 Å². The molecular formula is C13H16N2O3.